The highest BCUT2D eigenvalue weighted by Gasteiger charge is 2.53. The summed E-state index contributed by atoms with van der Waals surface area (Å²) in [5.74, 6) is -4.53. The number of H-pyrrole nitrogens is 1. The van der Waals surface area contributed by atoms with Gasteiger partial charge < -0.3 is 10.3 Å². The van der Waals surface area contributed by atoms with Crippen LogP contribution in [-0.2, 0) is 10.2 Å². The van der Waals surface area contributed by atoms with E-state index in [9.17, 15) is 27.2 Å². The van der Waals surface area contributed by atoms with Crippen molar-refractivity contribution in [3.05, 3.63) is 75.3 Å². The number of nitrogens with one attached hydrogen (secondary N) is 2. The molecule has 0 spiro atoms. The van der Waals surface area contributed by atoms with Crippen LogP contribution < -0.4 is 10.9 Å². The Bertz CT molecular complexity index is 1210. The van der Waals surface area contributed by atoms with Gasteiger partial charge in [-0.25, -0.2) is 17.6 Å². The Kier molecular flexibility index (Phi) is 4.40. The highest BCUT2D eigenvalue weighted by Crippen LogP contribution is 2.48. The lowest BCUT2D eigenvalue weighted by Crippen LogP contribution is -2.39. The maximum Gasteiger partial charge on any atom is 0.252 e. The lowest BCUT2D eigenvalue weighted by atomic mass is 9.94. The molecule has 0 unspecified atom stereocenters. The van der Waals surface area contributed by atoms with Gasteiger partial charge in [0.2, 0.25) is 5.91 Å². The molecule has 29 heavy (non-hydrogen) atoms. The quantitative estimate of drug-likeness (QED) is 0.643. The average molecular weight is 409 g/mol. The molecule has 1 aliphatic rings. The van der Waals surface area contributed by atoms with Crippen molar-refractivity contribution in [3.8, 4) is 0 Å². The van der Waals surface area contributed by atoms with Gasteiger partial charge in [0.1, 0.15) is 11.6 Å². The van der Waals surface area contributed by atoms with Crippen molar-refractivity contribution in [1.29, 1.82) is 0 Å². The second-order valence-corrected chi connectivity index (χ2v) is 7.13. The van der Waals surface area contributed by atoms with E-state index in [-0.39, 0.29) is 25.0 Å². The van der Waals surface area contributed by atoms with Crippen LogP contribution in [0.5, 0.6) is 0 Å². The molecule has 0 radical (unpaired) electrons. The van der Waals surface area contributed by atoms with Gasteiger partial charge in [0, 0.05) is 19.9 Å². The molecule has 9 heteroatoms. The maximum atomic E-state index is 14.1. The third-order valence-electron chi connectivity index (χ3n) is 5.21. The maximum absolute atomic E-state index is 14.1. The SMILES string of the molecule is C[C@H](NC(=O)C1(c2cc3c(F)c(F)ccc3[nH]c2=O)CC1)c1ncc(F)cc1F.[HH].[HH]. The second kappa shape index (κ2) is 6.68. The molecule has 154 valence electrons. The number of fused-ring (bicyclic) bond motifs is 1. The summed E-state index contributed by atoms with van der Waals surface area (Å²) < 4.78 is 54.7. The van der Waals surface area contributed by atoms with E-state index < -0.39 is 46.2 Å². The largest absolute Gasteiger partial charge is 0.347 e. The first-order valence-corrected chi connectivity index (χ1v) is 8.86. The molecule has 1 fully saturated rings. The molecule has 1 aliphatic carbocycles. The molecular formula is C20H19F4N3O2. The summed E-state index contributed by atoms with van der Waals surface area (Å²) in [6, 6.07) is 3.08. The number of aromatic nitrogens is 2. The number of hydrogen-bond donors (Lipinski definition) is 2. The third kappa shape index (κ3) is 3.16. The van der Waals surface area contributed by atoms with Gasteiger partial charge in [-0.3, -0.25) is 14.6 Å². The zero-order valence-corrected chi connectivity index (χ0v) is 15.2. The summed E-state index contributed by atoms with van der Waals surface area (Å²) in [5, 5.41) is 2.43. The number of carbonyl (C=O) groups excluding carboxylic acids is 1. The molecule has 2 heterocycles. The highest BCUT2D eigenvalue weighted by atomic mass is 19.2. The van der Waals surface area contributed by atoms with Gasteiger partial charge in [-0.2, -0.15) is 0 Å². The Hall–Kier alpha value is -3.23. The predicted octanol–water partition coefficient (Wildman–Crippen LogP) is 3.88. The van der Waals surface area contributed by atoms with Crippen LogP contribution in [0.1, 0.15) is 39.9 Å². The van der Waals surface area contributed by atoms with E-state index in [1.165, 1.54) is 19.1 Å². The molecule has 1 amide bonds. The first kappa shape index (κ1) is 19.1. The van der Waals surface area contributed by atoms with Crippen molar-refractivity contribution in [2.24, 2.45) is 0 Å². The first-order valence-electron chi connectivity index (χ1n) is 8.86. The van der Waals surface area contributed by atoms with Crippen molar-refractivity contribution in [2.45, 2.75) is 31.2 Å². The summed E-state index contributed by atoms with van der Waals surface area (Å²) in [4.78, 5) is 31.5. The molecule has 2 aromatic heterocycles. The molecule has 3 aromatic rings. The Balaban J connectivity index is 0.00000171. The first-order chi connectivity index (χ1) is 13.7. The van der Waals surface area contributed by atoms with Gasteiger partial charge in [-0.1, -0.05) is 0 Å². The minimum absolute atomic E-state index is 0. The smallest absolute Gasteiger partial charge is 0.252 e. The Morgan fingerprint density at radius 2 is 1.93 bits per heavy atom. The molecule has 1 atom stereocenters. The second-order valence-electron chi connectivity index (χ2n) is 7.13. The zero-order chi connectivity index (χ0) is 20.9. The zero-order valence-electron chi connectivity index (χ0n) is 15.2. The molecule has 2 N–H and O–H groups in total. The van der Waals surface area contributed by atoms with Crippen molar-refractivity contribution in [2.75, 3.05) is 0 Å². The van der Waals surface area contributed by atoms with Crippen molar-refractivity contribution < 1.29 is 25.2 Å². The van der Waals surface area contributed by atoms with E-state index in [1.807, 2.05) is 0 Å². The van der Waals surface area contributed by atoms with E-state index in [0.29, 0.717) is 18.9 Å². The third-order valence-corrected chi connectivity index (χ3v) is 5.21. The van der Waals surface area contributed by atoms with E-state index in [4.69, 9.17) is 0 Å². The van der Waals surface area contributed by atoms with Crippen LogP contribution in [0.15, 0.2) is 35.3 Å². The molecule has 0 bridgehead atoms. The highest BCUT2D eigenvalue weighted by molar-refractivity contribution is 5.93. The van der Waals surface area contributed by atoms with Crippen LogP contribution in [0.3, 0.4) is 0 Å². The summed E-state index contributed by atoms with van der Waals surface area (Å²) in [6.07, 6.45) is 1.46. The van der Waals surface area contributed by atoms with Gasteiger partial charge in [0.05, 0.1) is 28.9 Å². The summed E-state index contributed by atoms with van der Waals surface area (Å²) in [6.45, 7) is 1.47. The fraction of sp³-hybridized carbons (Fsp3) is 0.250. The van der Waals surface area contributed by atoms with E-state index in [0.717, 1.165) is 12.3 Å². The van der Waals surface area contributed by atoms with Crippen LogP contribution in [0.2, 0.25) is 0 Å². The molecule has 1 saturated carbocycles. The molecule has 5 nitrogen and oxygen atoms in total. The van der Waals surface area contributed by atoms with Gasteiger partial charge >= 0.3 is 0 Å². The van der Waals surface area contributed by atoms with E-state index in [1.54, 1.807) is 0 Å². The number of hydrogen-bond acceptors (Lipinski definition) is 3. The topological polar surface area (TPSA) is 74.8 Å². The van der Waals surface area contributed by atoms with Gasteiger partial charge in [-0.15, -0.1) is 0 Å². The van der Waals surface area contributed by atoms with Crippen LogP contribution in [0, 0.1) is 23.3 Å². The number of aromatic amines is 1. The lowest BCUT2D eigenvalue weighted by molar-refractivity contribution is -0.124. The van der Waals surface area contributed by atoms with Gasteiger partial charge in [0.15, 0.2) is 11.6 Å². The summed E-state index contributed by atoms with van der Waals surface area (Å²) in [7, 11) is 0. The van der Waals surface area contributed by atoms with E-state index >= 15 is 0 Å². The molecule has 0 aliphatic heterocycles. The standard InChI is InChI=1S/C20H15F4N3O2.2H2/c1-9(17-14(23)6-10(21)8-25-17)26-19(29)20(4-5-20)12-7-11-15(27-18(12)28)3-2-13(22)16(11)24;;/h2-3,6-9H,4-5H2,1H3,(H,26,29)(H,27,28);2*1H/t9-;;/m0../s1. The number of amides is 1. The molecule has 0 saturated heterocycles. The molecule has 1 aromatic carbocycles. The Labute approximate surface area is 164 Å². The van der Waals surface area contributed by atoms with Crippen LogP contribution in [0.4, 0.5) is 17.6 Å². The fourth-order valence-corrected chi connectivity index (χ4v) is 3.46. The molecule has 4 rings (SSSR count). The number of benzene rings is 1. The summed E-state index contributed by atoms with van der Waals surface area (Å²) in [5.41, 5.74) is -1.86. The summed E-state index contributed by atoms with van der Waals surface area (Å²) >= 11 is 0. The van der Waals surface area contributed by atoms with E-state index in [2.05, 4.69) is 15.3 Å². The van der Waals surface area contributed by atoms with Crippen molar-refractivity contribution in [3.63, 3.8) is 0 Å². The van der Waals surface area contributed by atoms with Crippen LogP contribution >= 0.6 is 0 Å². The molecular weight excluding hydrogens is 390 g/mol. The number of carbonyl (C=O) groups is 1. The minimum atomic E-state index is -1.23. The number of halogens is 4. The predicted molar refractivity (Wildman–Crippen MR) is 100 cm³/mol. The van der Waals surface area contributed by atoms with Crippen molar-refractivity contribution in [1.82, 2.24) is 15.3 Å². The van der Waals surface area contributed by atoms with Gasteiger partial charge in [-0.05, 0) is 38.0 Å². The lowest BCUT2D eigenvalue weighted by Gasteiger charge is -2.20. The minimum Gasteiger partial charge on any atom is -0.347 e. The van der Waals surface area contributed by atoms with Crippen LogP contribution in [-0.4, -0.2) is 15.9 Å². The normalized spacial score (nSPS) is 15.9. The Morgan fingerprint density at radius 3 is 2.59 bits per heavy atom. The number of nitrogens with zero attached hydrogens (tertiary/aromatic N) is 1. The van der Waals surface area contributed by atoms with Gasteiger partial charge in [0.25, 0.3) is 5.56 Å². The number of rotatable bonds is 4. The average Bonchev–Trinajstić information content (AvgIpc) is 3.46. The monoisotopic (exact) mass is 409 g/mol. The number of pyridine rings is 2. The van der Waals surface area contributed by atoms with Crippen molar-refractivity contribution >= 4 is 16.8 Å². The Morgan fingerprint density at radius 1 is 1.21 bits per heavy atom. The fourth-order valence-electron chi connectivity index (χ4n) is 3.46. The van der Waals surface area contributed by atoms with Crippen LogP contribution in [0.25, 0.3) is 10.9 Å².